The number of anilines is 1. The lowest BCUT2D eigenvalue weighted by Crippen LogP contribution is -2.14. The Labute approximate surface area is 141 Å². The van der Waals surface area contributed by atoms with Crippen molar-refractivity contribution in [1.82, 2.24) is 4.98 Å². The lowest BCUT2D eigenvalue weighted by atomic mass is 9.86. The molecular weight excluding hydrogens is 306 g/mol. The Bertz CT molecular complexity index is 721. The molecule has 2 aromatic rings. The van der Waals surface area contributed by atoms with Crippen molar-refractivity contribution in [3.8, 4) is 0 Å². The molecule has 6 nitrogen and oxygen atoms in total. The SMILES string of the molecule is Cc1cc(NCC(O)c2ccc(C(C)(C)C)cc2)ncc1[N+](=O)[O-]. The molecule has 0 saturated heterocycles. The summed E-state index contributed by atoms with van der Waals surface area (Å²) in [6.45, 7) is 8.36. The van der Waals surface area contributed by atoms with Gasteiger partial charge in [0, 0.05) is 12.1 Å². The zero-order valence-corrected chi connectivity index (χ0v) is 14.4. The van der Waals surface area contributed by atoms with Gasteiger partial charge in [-0.3, -0.25) is 10.1 Å². The van der Waals surface area contributed by atoms with Gasteiger partial charge in [0.1, 0.15) is 12.0 Å². The van der Waals surface area contributed by atoms with Crippen LogP contribution in [0.2, 0.25) is 0 Å². The summed E-state index contributed by atoms with van der Waals surface area (Å²) in [5.74, 6) is 0.503. The van der Waals surface area contributed by atoms with E-state index in [1.807, 2.05) is 24.3 Å². The number of pyridine rings is 1. The molecule has 0 aliphatic carbocycles. The fourth-order valence-electron chi connectivity index (χ4n) is 2.36. The average Bonchev–Trinajstić information content (AvgIpc) is 2.51. The minimum atomic E-state index is -0.684. The molecule has 1 aromatic heterocycles. The number of rotatable bonds is 5. The molecule has 2 N–H and O–H groups in total. The van der Waals surface area contributed by atoms with Crippen molar-refractivity contribution < 1.29 is 10.0 Å². The van der Waals surface area contributed by atoms with E-state index in [2.05, 4.69) is 31.1 Å². The summed E-state index contributed by atoms with van der Waals surface area (Å²) in [6, 6.07) is 9.48. The number of aliphatic hydroxyl groups is 1. The van der Waals surface area contributed by atoms with Gasteiger partial charge < -0.3 is 10.4 Å². The van der Waals surface area contributed by atoms with Crippen molar-refractivity contribution >= 4 is 11.5 Å². The molecule has 0 bridgehead atoms. The zero-order chi connectivity index (χ0) is 17.9. The Kier molecular flexibility index (Phi) is 5.19. The first-order chi connectivity index (χ1) is 11.2. The Balaban J connectivity index is 2.01. The summed E-state index contributed by atoms with van der Waals surface area (Å²) < 4.78 is 0. The fraction of sp³-hybridized carbons (Fsp3) is 0.389. The molecule has 1 heterocycles. The van der Waals surface area contributed by atoms with E-state index in [1.165, 1.54) is 11.8 Å². The predicted molar refractivity (Wildman–Crippen MR) is 94.2 cm³/mol. The van der Waals surface area contributed by atoms with Crippen LogP contribution in [0.25, 0.3) is 0 Å². The monoisotopic (exact) mass is 329 g/mol. The minimum absolute atomic E-state index is 0.0149. The van der Waals surface area contributed by atoms with Crippen LogP contribution in [0, 0.1) is 17.0 Å². The number of aryl methyl sites for hydroxylation is 1. The summed E-state index contributed by atoms with van der Waals surface area (Å²) in [5, 5.41) is 24.1. The molecule has 0 aliphatic rings. The van der Waals surface area contributed by atoms with Gasteiger partial charge >= 0.3 is 0 Å². The number of aromatic nitrogens is 1. The molecule has 0 amide bonds. The maximum Gasteiger partial charge on any atom is 0.290 e. The molecule has 0 fully saturated rings. The number of benzene rings is 1. The third-order valence-electron chi connectivity index (χ3n) is 3.92. The molecule has 2 rings (SSSR count). The second-order valence-corrected chi connectivity index (χ2v) is 6.88. The second kappa shape index (κ2) is 6.97. The van der Waals surface area contributed by atoms with Crippen LogP contribution >= 0.6 is 0 Å². The van der Waals surface area contributed by atoms with Gasteiger partial charge in [0.25, 0.3) is 5.69 Å². The van der Waals surface area contributed by atoms with Gasteiger partial charge in [-0.05, 0) is 29.5 Å². The third-order valence-corrected chi connectivity index (χ3v) is 3.92. The molecule has 0 spiro atoms. The lowest BCUT2D eigenvalue weighted by Gasteiger charge is -2.20. The summed E-state index contributed by atoms with van der Waals surface area (Å²) in [7, 11) is 0. The highest BCUT2D eigenvalue weighted by Crippen LogP contribution is 2.24. The maximum absolute atomic E-state index is 10.8. The van der Waals surface area contributed by atoms with Crippen LogP contribution in [0.1, 0.15) is 43.6 Å². The van der Waals surface area contributed by atoms with E-state index in [4.69, 9.17) is 0 Å². The van der Waals surface area contributed by atoms with Crippen molar-refractivity contribution in [2.45, 2.75) is 39.2 Å². The van der Waals surface area contributed by atoms with Crippen molar-refractivity contribution in [3.63, 3.8) is 0 Å². The number of nitro groups is 1. The largest absolute Gasteiger partial charge is 0.387 e. The molecule has 0 radical (unpaired) electrons. The van der Waals surface area contributed by atoms with Crippen LogP contribution < -0.4 is 5.32 Å². The fourth-order valence-corrected chi connectivity index (χ4v) is 2.36. The first-order valence-electron chi connectivity index (χ1n) is 7.82. The topological polar surface area (TPSA) is 88.3 Å². The van der Waals surface area contributed by atoms with Crippen LogP contribution in [0.5, 0.6) is 0 Å². The molecule has 24 heavy (non-hydrogen) atoms. The maximum atomic E-state index is 10.8. The van der Waals surface area contributed by atoms with E-state index in [0.29, 0.717) is 11.4 Å². The highest BCUT2D eigenvalue weighted by atomic mass is 16.6. The molecule has 0 aliphatic heterocycles. The minimum Gasteiger partial charge on any atom is -0.387 e. The quantitative estimate of drug-likeness (QED) is 0.644. The highest BCUT2D eigenvalue weighted by Gasteiger charge is 2.15. The molecule has 1 unspecified atom stereocenters. The predicted octanol–water partition coefficient (Wildman–Crippen LogP) is 3.74. The molecule has 6 heteroatoms. The van der Waals surface area contributed by atoms with Gasteiger partial charge in [-0.15, -0.1) is 0 Å². The summed E-state index contributed by atoms with van der Waals surface area (Å²) in [4.78, 5) is 14.3. The third kappa shape index (κ3) is 4.29. The van der Waals surface area contributed by atoms with Crippen molar-refractivity contribution in [2.24, 2.45) is 0 Å². The highest BCUT2D eigenvalue weighted by molar-refractivity contribution is 5.47. The van der Waals surface area contributed by atoms with Crippen LogP contribution in [-0.4, -0.2) is 21.6 Å². The van der Waals surface area contributed by atoms with E-state index in [9.17, 15) is 15.2 Å². The number of nitrogens with zero attached hydrogens (tertiary/aromatic N) is 2. The molecule has 128 valence electrons. The van der Waals surface area contributed by atoms with Crippen molar-refractivity contribution in [2.75, 3.05) is 11.9 Å². The Morgan fingerprint density at radius 1 is 1.29 bits per heavy atom. The van der Waals surface area contributed by atoms with E-state index in [-0.39, 0.29) is 17.6 Å². The Hall–Kier alpha value is -2.47. The average molecular weight is 329 g/mol. The standard InChI is InChI=1S/C18H23N3O3/c1-12-9-17(19-10-15(12)21(23)24)20-11-16(22)13-5-7-14(8-6-13)18(2,3)4/h5-10,16,22H,11H2,1-4H3,(H,19,20). The van der Waals surface area contributed by atoms with Crippen LogP contribution in [-0.2, 0) is 5.41 Å². The van der Waals surface area contributed by atoms with E-state index >= 15 is 0 Å². The smallest absolute Gasteiger partial charge is 0.290 e. The Morgan fingerprint density at radius 3 is 2.42 bits per heavy atom. The van der Waals surface area contributed by atoms with Crippen LogP contribution in [0.4, 0.5) is 11.5 Å². The Morgan fingerprint density at radius 2 is 1.92 bits per heavy atom. The molecule has 0 saturated carbocycles. The summed E-state index contributed by atoms with van der Waals surface area (Å²) in [5.41, 5.74) is 2.61. The second-order valence-electron chi connectivity index (χ2n) is 6.88. The van der Waals surface area contributed by atoms with Crippen LogP contribution in [0.3, 0.4) is 0 Å². The molecule has 1 atom stereocenters. The van der Waals surface area contributed by atoms with Crippen molar-refractivity contribution in [3.05, 3.63) is 63.3 Å². The first-order valence-corrected chi connectivity index (χ1v) is 7.82. The number of hydrogen-bond acceptors (Lipinski definition) is 5. The molecular formula is C18H23N3O3. The number of aliphatic hydroxyl groups excluding tert-OH is 1. The normalized spacial score (nSPS) is 12.7. The number of hydrogen-bond donors (Lipinski definition) is 2. The van der Waals surface area contributed by atoms with Crippen molar-refractivity contribution in [1.29, 1.82) is 0 Å². The van der Waals surface area contributed by atoms with Gasteiger partial charge in [0.15, 0.2) is 0 Å². The van der Waals surface area contributed by atoms with Gasteiger partial charge in [-0.2, -0.15) is 0 Å². The van der Waals surface area contributed by atoms with E-state index < -0.39 is 11.0 Å². The lowest BCUT2D eigenvalue weighted by molar-refractivity contribution is -0.385. The zero-order valence-electron chi connectivity index (χ0n) is 14.4. The first kappa shape index (κ1) is 17.9. The van der Waals surface area contributed by atoms with Gasteiger partial charge in [0.05, 0.1) is 11.0 Å². The van der Waals surface area contributed by atoms with E-state index in [1.54, 1.807) is 13.0 Å². The van der Waals surface area contributed by atoms with Gasteiger partial charge in [-0.25, -0.2) is 4.98 Å². The van der Waals surface area contributed by atoms with Crippen LogP contribution in [0.15, 0.2) is 36.5 Å². The van der Waals surface area contributed by atoms with E-state index in [0.717, 1.165) is 5.56 Å². The van der Waals surface area contributed by atoms with Gasteiger partial charge in [0.2, 0.25) is 0 Å². The molecule has 1 aromatic carbocycles. The summed E-state index contributed by atoms with van der Waals surface area (Å²) >= 11 is 0. The summed E-state index contributed by atoms with van der Waals surface area (Å²) in [6.07, 6.45) is 0.540. The number of nitrogens with one attached hydrogen (secondary N) is 1. The van der Waals surface area contributed by atoms with Gasteiger partial charge in [-0.1, -0.05) is 45.0 Å².